The monoisotopic (exact) mass is 790 g/mol. The number of imide groups is 2. The molecule has 8 rings (SSSR count). The van der Waals surface area contributed by atoms with Gasteiger partial charge in [-0.3, -0.25) is 44.1 Å². The van der Waals surface area contributed by atoms with Gasteiger partial charge in [-0.15, -0.1) is 5.10 Å². The zero-order valence-electron chi connectivity index (χ0n) is 32.3. The van der Waals surface area contributed by atoms with E-state index in [-0.39, 0.29) is 55.4 Å². The first-order chi connectivity index (χ1) is 28.1. The zero-order valence-corrected chi connectivity index (χ0v) is 32.3. The summed E-state index contributed by atoms with van der Waals surface area (Å²) < 4.78 is 26.8. The predicted molar refractivity (Wildman–Crippen MR) is 207 cm³/mol. The Hall–Kier alpha value is -6.46. The number of hydrogen-bond acceptors (Lipinski definition) is 13. The first kappa shape index (κ1) is 38.4. The van der Waals surface area contributed by atoms with Crippen LogP contribution in [0.15, 0.2) is 66.0 Å². The van der Waals surface area contributed by atoms with Gasteiger partial charge in [0, 0.05) is 57.3 Å². The number of piperidine rings is 2. The van der Waals surface area contributed by atoms with Crippen LogP contribution < -0.4 is 25.1 Å². The Morgan fingerprint density at radius 2 is 1.60 bits per heavy atom. The molecule has 3 aliphatic rings. The molecule has 17 heteroatoms. The van der Waals surface area contributed by atoms with Gasteiger partial charge in [0.2, 0.25) is 11.8 Å². The fourth-order valence-electron chi connectivity index (χ4n) is 7.90. The molecule has 1 unspecified atom stereocenters. The molecule has 1 atom stereocenters. The van der Waals surface area contributed by atoms with Crippen molar-refractivity contribution in [3.8, 4) is 28.4 Å². The third kappa shape index (κ3) is 7.41. The second kappa shape index (κ2) is 16.2. The average molecular weight is 791 g/mol. The van der Waals surface area contributed by atoms with Crippen LogP contribution in [0.1, 0.15) is 63.7 Å². The summed E-state index contributed by atoms with van der Waals surface area (Å²) in [5.74, 6) is -0.456. The summed E-state index contributed by atoms with van der Waals surface area (Å²) in [4.78, 5) is 70.1. The molecular weight excluding hydrogens is 748 g/mol. The third-order valence-corrected chi connectivity index (χ3v) is 10.9. The topological polar surface area (TPSA) is 189 Å². The first-order valence-corrected chi connectivity index (χ1v) is 19.0. The molecule has 5 aromatic rings. The molecule has 0 bridgehead atoms. The van der Waals surface area contributed by atoms with Gasteiger partial charge in [0.05, 0.1) is 61.7 Å². The zero-order chi connectivity index (χ0) is 40.5. The first-order valence-electron chi connectivity index (χ1n) is 19.0. The quantitative estimate of drug-likeness (QED) is 0.136. The predicted octanol–water partition coefficient (Wildman–Crippen LogP) is 3.04. The molecule has 3 aliphatic heterocycles. The van der Waals surface area contributed by atoms with E-state index in [0.29, 0.717) is 34.9 Å². The molecule has 2 saturated heterocycles. The van der Waals surface area contributed by atoms with E-state index >= 15 is 0 Å². The number of hydrogen-bond donors (Lipinski definition) is 1. The fourth-order valence-corrected chi connectivity index (χ4v) is 7.90. The summed E-state index contributed by atoms with van der Waals surface area (Å²) in [7, 11) is 5.03. The highest BCUT2D eigenvalue weighted by Gasteiger charge is 2.44. The Labute approximate surface area is 332 Å². The number of aryl methyl sites for hydroxylation is 1. The number of methoxy groups -OCH3 is 2. The molecule has 2 fully saturated rings. The fraction of sp³-hybridized carbons (Fsp3) is 0.366. The molecule has 58 heavy (non-hydrogen) atoms. The van der Waals surface area contributed by atoms with Crippen molar-refractivity contribution >= 4 is 34.4 Å². The number of pyridine rings is 2. The molecule has 3 aromatic heterocycles. The number of likely N-dealkylation sites (tertiary alicyclic amines) is 1. The van der Waals surface area contributed by atoms with E-state index in [9.17, 15) is 24.0 Å². The number of nitrogens with one attached hydrogen (secondary N) is 1. The van der Waals surface area contributed by atoms with Crippen LogP contribution in [0.3, 0.4) is 0 Å². The minimum atomic E-state index is -1.03. The maximum Gasteiger partial charge on any atom is 0.262 e. The van der Waals surface area contributed by atoms with Crippen molar-refractivity contribution in [2.45, 2.75) is 50.9 Å². The highest BCUT2D eigenvalue weighted by molar-refractivity contribution is 6.23. The molecule has 0 saturated carbocycles. The van der Waals surface area contributed by atoms with E-state index in [0.717, 1.165) is 52.9 Å². The van der Waals surface area contributed by atoms with E-state index in [4.69, 9.17) is 18.9 Å². The van der Waals surface area contributed by atoms with Crippen molar-refractivity contribution < 1.29 is 38.1 Å². The number of carbonyl (C=O) groups is 4. The minimum absolute atomic E-state index is 0.0533. The van der Waals surface area contributed by atoms with Crippen LogP contribution in [-0.4, -0.2) is 105 Å². The number of fused-ring (bicyclic) bond motifs is 2. The number of ether oxygens (including phenoxy) is 4. The van der Waals surface area contributed by atoms with Crippen molar-refractivity contribution in [1.29, 1.82) is 0 Å². The lowest BCUT2D eigenvalue weighted by atomic mass is 9.98. The number of nitrogens with zero attached hydrogens (tertiary/aromatic N) is 7. The second-order valence-electron chi connectivity index (χ2n) is 14.5. The lowest BCUT2D eigenvalue weighted by Gasteiger charge is -2.32. The highest BCUT2D eigenvalue weighted by atomic mass is 16.5. The van der Waals surface area contributed by atoms with Crippen LogP contribution in [0.25, 0.3) is 21.9 Å². The summed E-state index contributed by atoms with van der Waals surface area (Å²) in [6.07, 6.45) is 8.90. The molecule has 1 N–H and O–H groups in total. The van der Waals surface area contributed by atoms with Crippen molar-refractivity contribution in [2.75, 3.05) is 40.5 Å². The molecule has 0 radical (unpaired) electrons. The number of aromatic nitrogens is 5. The molecule has 17 nitrogen and oxygen atoms in total. The van der Waals surface area contributed by atoms with Gasteiger partial charge in [-0.25, -0.2) is 4.68 Å². The maximum absolute atomic E-state index is 13.1. The number of amides is 4. The Morgan fingerprint density at radius 3 is 2.34 bits per heavy atom. The minimum Gasteiger partial charge on any atom is -0.496 e. The normalized spacial score (nSPS) is 17.5. The molecular formula is C41H42N8O9. The standard InChI is InChI=1S/C41H42N8O9/c1-46-21-32(28-8-11-42-19-31(28)39(46)52)24-16-35(55-2)33(36(17-24)56-3)22-47-12-9-26(10-13-47)48-20-25(44-45-48)23-57-14-15-58-27-4-5-29-30(18-27)41(54)49(40(29)53)34-6-7-37(50)43-38(34)51/h4-5,8,11,16-21,26,34H,6-7,9-10,12-15,22-23H2,1-3H3,(H,43,50,51). The third-order valence-electron chi connectivity index (χ3n) is 10.9. The van der Waals surface area contributed by atoms with Gasteiger partial charge in [0.15, 0.2) is 0 Å². The van der Waals surface area contributed by atoms with Gasteiger partial charge in [-0.2, -0.15) is 0 Å². The lowest BCUT2D eigenvalue weighted by Crippen LogP contribution is -2.54. The molecule has 4 amide bonds. The average Bonchev–Trinajstić information content (AvgIpc) is 3.81. The van der Waals surface area contributed by atoms with Crippen LogP contribution in [0.5, 0.6) is 17.2 Å². The molecule has 2 aromatic carbocycles. The van der Waals surface area contributed by atoms with E-state index < -0.39 is 29.7 Å². The summed E-state index contributed by atoms with van der Waals surface area (Å²) in [5, 5.41) is 12.2. The van der Waals surface area contributed by atoms with Crippen LogP contribution in [0.2, 0.25) is 0 Å². The Bertz CT molecular complexity index is 2460. The van der Waals surface area contributed by atoms with E-state index in [1.807, 2.05) is 35.3 Å². The van der Waals surface area contributed by atoms with E-state index in [1.165, 1.54) is 12.1 Å². The van der Waals surface area contributed by atoms with Crippen LogP contribution in [0.4, 0.5) is 0 Å². The largest absolute Gasteiger partial charge is 0.496 e. The van der Waals surface area contributed by atoms with Crippen LogP contribution in [0, 0.1) is 0 Å². The highest BCUT2D eigenvalue weighted by Crippen LogP contribution is 2.38. The van der Waals surface area contributed by atoms with Gasteiger partial charge in [-0.05, 0) is 66.6 Å². The van der Waals surface area contributed by atoms with Gasteiger partial charge < -0.3 is 23.5 Å². The summed E-state index contributed by atoms with van der Waals surface area (Å²) in [6, 6.07) is 9.57. The Kier molecular flexibility index (Phi) is 10.7. The van der Waals surface area contributed by atoms with Gasteiger partial charge in [-0.1, -0.05) is 5.21 Å². The van der Waals surface area contributed by atoms with Crippen molar-refractivity contribution in [3.63, 3.8) is 0 Å². The number of carbonyl (C=O) groups excluding carboxylic acids is 4. The van der Waals surface area contributed by atoms with E-state index in [1.54, 1.807) is 44.3 Å². The SMILES string of the molecule is COc1cc(-c2cn(C)c(=O)c3cnccc23)cc(OC)c1CN1CCC(n2cc(COCCOc3ccc4c(c3)C(=O)N(C3CCC(=O)NC3=O)C4=O)nn2)CC1. The molecule has 0 aliphatic carbocycles. The van der Waals surface area contributed by atoms with Crippen molar-refractivity contribution in [1.82, 2.24) is 39.7 Å². The molecule has 0 spiro atoms. The van der Waals surface area contributed by atoms with Gasteiger partial charge in [0.1, 0.15) is 35.6 Å². The summed E-state index contributed by atoms with van der Waals surface area (Å²) in [5.41, 5.74) is 3.62. The Morgan fingerprint density at radius 1 is 0.845 bits per heavy atom. The van der Waals surface area contributed by atoms with Crippen molar-refractivity contribution in [3.05, 3.63) is 93.9 Å². The summed E-state index contributed by atoms with van der Waals surface area (Å²) in [6.45, 7) is 2.96. The van der Waals surface area contributed by atoms with Crippen LogP contribution >= 0.6 is 0 Å². The molecule has 300 valence electrons. The smallest absolute Gasteiger partial charge is 0.262 e. The summed E-state index contributed by atoms with van der Waals surface area (Å²) >= 11 is 0. The molecule has 6 heterocycles. The van der Waals surface area contributed by atoms with Crippen molar-refractivity contribution in [2.24, 2.45) is 7.05 Å². The van der Waals surface area contributed by atoms with Gasteiger partial charge in [0.25, 0.3) is 17.4 Å². The van der Waals surface area contributed by atoms with E-state index in [2.05, 4.69) is 25.5 Å². The maximum atomic E-state index is 13.1. The Balaban J connectivity index is 0.820. The number of rotatable bonds is 13. The van der Waals surface area contributed by atoms with Gasteiger partial charge >= 0.3 is 0 Å². The second-order valence-corrected chi connectivity index (χ2v) is 14.5. The lowest BCUT2D eigenvalue weighted by molar-refractivity contribution is -0.136. The number of benzene rings is 2. The van der Waals surface area contributed by atoms with Crippen LogP contribution in [-0.2, 0) is 34.5 Å².